The van der Waals surface area contributed by atoms with Gasteiger partial charge in [-0.2, -0.15) is 0 Å². The number of rotatable bonds is 7. The SMILES string of the molecule is O=C(O)CC[C@@H]1CN(C(=O)Cc2ccc(CO)cc2)CC[C@@H]1N1CCOCC1. The Morgan fingerprint density at radius 3 is 2.39 bits per heavy atom. The van der Waals surface area contributed by atoms with Gasteiger partial charge in [-0.1, -0.05) is 24.3 Å². The van der Waals surface area contributed by atoms with Crippen LogP contribution in [0.3, 0.4) is 0 Å². The van der Waals surface area contributed by atoms with E-state index < -0.39 is 5.97 Å². The van der Waals surface area contributed by atoms with E-state index in [1.54, 1.807) is 0 Å². The molecule has 2 aliphatic rings. The summed E-state index contributed by atoms with van der Waals surface area (Å²) in [6.45, 7) is 4.50. The van der Waals surface area contributed by atoms with Crippen LogP contribution in [-0.2, 0) is 27.4 Å². The maximum Gasteiger partial charge on any atom is 0.303 e. The molecule has 0 saturated carbocycles. The number of carboxylic acids is 1. The molecule has 0 aliphatic carbocycles. The fraction of sp³-hybridized carbons (Fsp3) is 0.619. The molecule has 0 unspecified atom stereocenters. The highest BCUT2D eigenvalue weighted by Gasteiger charge is 2.35. The summed E-state index contributed by atoms with van der Waals surface area (Å²) in [4.78, 5) is 28.2. The van der Waals surface area contributed by atoms with Gasteiger partial charge in [0.25, 0.3) is 0 Å². The second-order valence-corrected chi connectivity index (χ2v) is 7.69. The van der Waals surface area contributed by atoms with Crippen molar-refractivity contribution in [2.24, 2.45) is 5.92 Å². The van der Waals surface area contributed by atoms with E-state index in [1.165, 1.54) is 0 Å². The molecule has 7 nitrogen and oxygen atoms in total. The molecule has 0 spiro atoms. The summed E-state index contributed by atoms with van der Waals surface area (Å²) < 4.78 is 5.45. The van der Waals surface area contributed by atoms with E-state index in [2.05, 4.69) is 4.90 Å². The highest BCUT2D eigenvalue weighted by Crippen LogP contribution is 2.27. The van der Waals surface area contributed by atoms with Gasteiger partial charge < -0.3 is 19.8 Å². The van der Waals surface area contributed by atoms with E-state index in [-0.39, 0.29) is 24.9 Å². The number of aliphatic hydroxyl groups excluding tert-OH is 1. The average molecular weight is 390 g/mol. The number of likely N-dealkylation sites (tertiary alicyclic amines) is 1. The number of carboxylic acid groups (broad SMARTS) is 1. The Kier molecular flexibility index (Phi) is 7.42. The van der Waals surface area contributed by atoms with Gasteiger partial charge in [0.15, 0.2) is 0 Å². The van der Waals surface area contributed by atoms with Crippen molar-refractivity contribution in [2.75, 3.05) is 39.4 Å². The Labute approximate surface area is 165 Å². The van der Waals surface area contributed by atoms with Crippen molar-refractivity contribution < 1.29 is 24.5 Å². The van der Waals surface area contributed by atoms with Crippen LogP contribution in [0.4, 0.5) is 0 Å². The van der Waals surface area contributed by atoms with E-state index in [9.17, 15) is 9.59 Å². The van der Waals surface area contributed by atoms with Crippen molar-refractivity contribution >= 4 is 11.9 Å². The molecule has 2 atom stereocenters. The Morgan fingerprint density at radius 1 is 1.07 bits per heavy atom. The summed E-state index contributed by atoms with van der Waals surface area (Å²) in [6.07, 6.45) is 1.93. The van der Waals surface area contributed by atoms with Gasteiger partial charge >= 0.3 is 5.97 Å². The van der Waals surface area contributed by atoms with E-state index >= 15 is 0 Å². The third-order valence-corrected chi connectivity index (χ3v) is 5.85. The number of aliphatic hydroxyl groups is 1. The minimum atomic E-state index is -0.784. The number of carbonyl (C=O) groups excluding carboxylic acids is 1. The van der Waals surface area contributed by atoms with Gasteiger partial charge in [0.05, 0.1) is 26.2 Å². The van der Waals surface area contributed by atoms with Crippen LogP contribution in [0.25, 0.3) is 0 Å². The molecule has 2 heterocycles. The number of morpholine rings is 1. The minimum Gasteiger partial charge on any atom is -0.481 e. The summed E-state index contributed by atoms with van der Waals surface area (Å²) in [5.41, 5.74) is 1.76. The van der Waals surface area contributed by atoms with Gasteiger partial charge in [0.2, 0.25) is 5.91 Å². The zero-order chi connectivity index (χ0) is 19.9. The lowest BCUT2D eigenvalue weighted by atomic mass is 9.86. The monoisotopic (exact) mass is 390 g/mol. The zero-order valence-electron chi connectivity index (χ0n) is 16.3. The number of carbonyl (C=O) groups is 2. The highest BCUT2D eigenvalue weighted by atomic mass is 16.5. The second kappa shape index (κ2) is 10.0. The fourth-order valence-corrected chi connectivity index (χ4v) is 4.28. The third kappa shape index (κ3) is 5.53. The standard InChI is InChI=1S/C21H30N2O5/c24-15-17-3-1-16(2-4-17)13-20(25)23-8-7-19(22-9-11-28-12-10-22)18(14-23)5-6-21(26)27/h1-4,18-19,24H,5-15H2,(H,26,27)/t18-,19+/m1/s1. The van der Waals surface area contributed by atoms with Crippen LogP contribution in [0.5, 0.6) is 0 Å². The molecule has 7 heteroatoms. The van der Waals surface area contributed by atoms with Gasteiger partial charge in [0, 0.05) is 38.6 Å². The topological polar surface area (TPSA) is 90.3 Å². The van der Waals surface area contributed by atoms with E-state index in [1.807, 2.05) is 29.2 Å². The van der Waals surface area contributed by atoms with Gasteiger partial charge in [-0.15, -0.1) is 0 Å². The molecule has 3 rings (SSSR count). The molecule has 2 fully saturated rings. The summed E-state index contributed by atoms with van der Waals surface area (Å²) in [5.74, 6) is -0.533. The number of amides is 1. The first-order chi connectivity index (χ1) is 13.6. The normalized spacial score (nSPS) is 23.5. The smallest absolute Gasteiger partial charge is 0.303 e. The van der Waals surface area contributed by atoms with Crippen molar-refractivity contribution in [3.63, 3.8) is 0 Å². The van der Waals surface area contributed by atoms with Gasteiger partial charge in [-0.25, -0.2) is 0 Å². The lowest BCUT2D eigenvalue weighted by Crippen LogP contribution is -2.55. The summed E-state index contributed by atoms with van der Waals surface area (Å²) in [7, 11) is 0. The molecule has 0 radical (unpaired) electrons. The molecular weight excluding hydrogens is 360 g/mol. The Balaban J connectivity index is 1.62. The molecule has 28 heavy (non-hydrogen) atoms. The van der Waals surface area contributed by atoms with E-state index in [0.717, 1.165) is 30.6 Å². The van der Waals surface area contributed by atoms with Crippen molar-refractivity contribution in [3.8, 4) is 0 Å². The Hall–Kier alpha value is -1.96. The predicted molar refractivity (Wildman–Crippen MR) is 104 cm³/mol. The number of hydrogen-bond donors (Lipinski definition) is 2. The molecule has 0 aromatic heterocycles. The van der Waals surface area contributed by atoms with Crippen molar-refractivity contribution in [2.45, 2.75) is 38.3 Å². The van der Waals surface area contributed by atoms with Gasteiger partial charge in [0.1, 0.15) is 0 Å². The van der Waals surface area contributed by atoms with Crippen molar-refractivity contribution in [3.05, 3.63) is 35.4 Å². The van der Waals surface area contributed by atoms with Crippen LogP contribution in [-0.4, -0.2) is 77.3 Å². The van der Waals surface area contributed by atoms with Crippen LogP contribution in [0.2, 0.25) is 0 Å². The number of aliphatic carboxylic acids is 1. The maximum atomic E-state index is 12.8. The zero-order valence-corrected chi connectivity index (χ0v) is 16.3. The number of ether oxygens (including phenoxy) is 1. The molecule has 1 amide bonds. The second-order valence-electron chi connectivity index (χ2n) is 7.69. The summed E-state index contributed by atoms with van der Waals surface area (Å²) >= 11 is 0. The predicted octanol–water partition coefficient (Wildman–Crippen LogP) is 1.14. The quantitative estimate of drug-likeness (QED) is 0.726. The first-order valence-corrected chi connectivity index (χ1v) is 10.1. The van der Waals surface area contributed by atoms with Crippen LogP contribution < -0.4 is 0 Å². The Morgan fingerprint density at radius 2 is 1.75 bits per heavy atom. The molecular formula is C21H30N2O5. The fourth-order valence-electron chi connectivity index (χ4n) is 4.28. The van der Waals surface area contributed by atoms with E-state index in [0.29, 0.717) is 45.2 Å². The molecule has 2 aliphatic heterocycles. The molecule has 1 aromatic rings. The van der Waals surface area contributed by atoms with Crippen LogP contribution in [0, 0.1) is 5.92 Å². The summed E-state index contributed by atoms with van der Waals surface area (Å²) in [5, 5.41) is 18.3. The molecule has 2 N–H and O–H groups in total. The van der Waals surface area contributed by atoms with Crippen molar-refractivity contribution in [1.82, 2.24) is 9.80 Å². The Bertz CT molecular complexity index is 657. The first kappa shape index (κ1) is 20.8. The molecule has 1 aromatic carbocycles. The largest absolute Gasteiger partial charge is 0.481 e. The lowest BCUT2D eigenvalue weighted by Gasteiger charge is -2.45. The molecule has 0 bridgehead atoms. The number of piperidine rings is 1. The number of benzene rings is 1. The highest BCUT2D eigenvalue weighted by molar-refractivity contribution is 5.79. The van der Waals surface area contributed by atoms with Crippen molar-refractivity contribution in [1.29, 1.82) is 0 Å². The number of nitrogens with zero attached hydrogens (tertiary/aromatic N) is 2. The lowest BCUT2D eigenvalue weighted by molar-refractivity contribution is -0.138. The maximum absolute atomic E-state index is 12.8. The third-order valence-electron chi connectivity index (χ3n) is 5.85. The van der Waals surface area contributed by atoms with E-state index in [4.69, 9.17) is 14.9 Å². The van der Waals surface area contributed by atoms with Gasteiger partial charge in [-0.3, -0.25) is 14.5 Å². The number of hydrogen-bond acceptors (Lipinski definition) is 5. The molecule has 154 valence electrons. The minimum absolute atomic E-state index is 0.00542. The first-order valence-electron chi connectivity index (χ1n) is 10.1. The molecule has 2 saturated heterocycles. The van der Waals surface area contributed by atoms with Crippen LogP contribution >= 0.6 is 0 Å². The summed E-state index contributed by atoms with van der Waals surface area (Å²) in [6, 6.07) is 7.75. The van der Waals surface area contributed by atoms with Gasteiger partial charge in [-0.05, 0) is 29.9 Å². The van der Waals surface area contributed by atoms with Crippen LogP contribution in [0.15, 0.2) is 24.3 Å². The van der Waals surface area contributed by atoms with Crippen LogP contribution in [0.1, 0.15) is 30.4 Å². The average Bonchev–Trinajstić information content (AvgIpc) is 2.73.